The predicted molar refractivity (Wildman–Crippen MR) is 72.5 cm³/mol. The Morgan fingerprint density at radius 3 is 2.45 bits per heavy atom. The zero-order chi connectivity index (χ0) is 15.1. The third-order valence-corrected chi connectivity index (χ3v) is 2.56. The van der Waals surface area contributed by atoms with E-state index in [9.17, 15) is 13.6 Å². The van der Waals surface area contributed by atoms with Crippen LogP contribution in [0.2, 0.25) is 0 Å². The number of nitrogens with two attached hydrogens (primary N) is 1. The van der Waals surface area contributed by atoms with E-state index < -0.39 is 23.2 Å². The molecule has 0 spiro atoms. The van der Waals surface area contributed by atoms with E-state index in [1.165, 1.54) is 0 Å². The van der Waals surface area contributed by atoms with E-state index in [4.69, 9.17) is 10.5 Å². The average Bonchev–Trinajstić information content (AvgIpc) is 2.38. The summed E-state index contributed by atoms with van der Waals surface area (Å²) >= 11 is 0. The monoisotopic (exact) mass is 287 g/mol. The highest BCUT2D eigenvalue weighted by Crippen LogP contribution is 2.16. The molecule has 7 heteroatoms. The van der Waals surface area contributed by atoms with Gasteiger partial charge in [0.15, 0.2) is 0 Å². The largest absolute Gasteiger partial charge is 0.394 e. The minimum Gasteiger partial charge on any atom is -0.394 e. The first kappa shape index (κ1) is 16.3. The Labute approximate surface area is 116 Å². The molecule has 1 amide bonds. The van der Waals surface area contributed by atoms with Gasteiger partial charge in [-0.3, -0.25) is 4.79 Å². The molecule has 0 saturated heterocycles. The van der Waals surface area contributed by atoms with Crippen LogP contribution in [0.3, 0.4) is 0 Å². The van der Waals surface area contributed by atoms with Crippen LogP contribution in [-0.4, -0.2) is 51.2 Å². The van der Waals surface area contributed by atoms with E-state index in [0.29, 0.717) is 13.2 Å². The van der Waals surface area contributed by atoms with Crippen LogP contribution in [0.1, 0.15) is 10.4 Å². The summed E-state index contributed by atoms with van der Waals surface area (Å²) in [5.74, 6) is -2.46. The summed E-state index contributed by atoms with van der Waals surface area (Å²) in [7, 11) is 3.85. The number of carbonyl (C=O) groups is 1. The van der Waals surface area contributed by atoms with Gasteiger partial charge in [-0.1, -0.05) is 0 Å². The Kier molecular flexibility index (Phi) is 6.33. The molecule has 0 bridgehead atoms. The van der Waals surface area contributed by atoms with Gasteiger partial charge in [-0.15, -0.1) is 0 Å². The lowest BCUT2D eigenvalue weighted by Gasteiger charge is -2.10. The van der Waals surface area contributed by atoms with E-state index >= 15 is 0 Å². The predicted octanol–water partition coefficient (Wildman–Crippen LogP) is 0.855. The molecular formula is C13H19F2N3O2. The number of hydrogen-bond acceptors (Lipinski definition) is 4. The first-order valence-corrected chi connectivity index (χ1v) is 6.17. The maximum atomic E-state index is 13.2. The Morgan fingerprint density at radius 2 is 1.90 bits per heavy atom. The summed E-state index contributed by atoms with van der Waals surface area (Å²) in [5, 5.41) is 2.51. The molecule has 5 nitrogen and oxygen atoms in total. The van der Waals surface area contributed by atoms with E-state index in [1.54, 1.807) is 0 Å². The number of amides is 1. The molecule has 0 fully saturated rings. The van der Waals surface area contributed by atoms with Gasteiger partial charge in [-0.05, 0) is 26.2 Å². The molecule has 0 saturated carbocycles. The summed E-state index contributed by atoms with van der Waals surface area (Å²) in [6.45, 7) is 1.93. The molecule has 0 aliphatic rings. The zero-order valence-corrected chi connectivity index (χ0v) is 11.6. The lowest BCUT2D eigenvalue weighted by molar-refractivity contribution is 0.0899. The highest BCUT2D eigenvalue weighted by molar-refractivity contribution is 5.94. The Balaban J connectivity index is 2.36. The molecule has 3 N–H and O–H groups in total. The quantitative estimate of drug-likeness (QED) is 0.576. The highest BCUT2D eigenvalue weighted by Gasteiger charge is 2.12. The van der Waals surface area contributed by atoms with Crippen molar-refractivity contribution in [1.82, 2.24) is 10.2 Å². The van der Waals surface area contributed by atoms with E-state index in [0.717, 1.165) is 18.7 Å². The molecule has 112 valence electrons. The first-order chi connectivity index (χ1) is 9.41. The number of carbonyl (C=O) groups excluding carboxylic acids is 1. The summed E-state index contributed by atoms with van der Waals surface area (Å²) in [6.07, 6.45) is 0. The van der Waals surface area contributed by atoms with Gasteiger partial charge in [-0.2, -0.15) is 0 Å². The molecule has 20 heavy (non-hydrogen) atoms. The molecule has 1 rings (SSSR count). The second-order valence-electron chi connectivity index (χ2n) is 4.53. The minimum atomic E-state index is -0.947. The fraction of sp³-hybridized carbons (Fsp3) is 0.462. The average molecular weight is 287 g/mol. The molecule has 0 heterocycles. The molecule has 0 aromatic heterocycles. The number of halogens is 2. The van der Waals surface area contributed by atoms with Crippen molar-refractivity contribution in [3.8, 4) is 0 Å². The van der Waals surface area contributed by atoms with Crippen LogP contribution in [0, 0.1) is 11.6 Å². The Hall–Kier alpha value is -1.73. The SMILES string of the molecule is CN(C)CCOCCNC(=O)c1cc(F)c(N)c(F)c1. The van der Waals surface area contributed by atoms with Crippen molar-refractivity contribution in [1.29, 1.82) is 0 Å². The second kappa shape index (κ2) is 7.76. The number of ether oxygens (including phenoxy) is 1. The molecule has 0 aliphatic heterocycles. The third-order valence-electron chi connectivity index (χ3n) is 2.56. The van der Waals surface area contributed by atoms with Gasteiger partial charge in [0, 0.05) is 18.7 Å². The number of nitrogens with one attached hydrogen (secondary N) is 1. The van der Waals surface area contributed by atoms with Crippen LogP contribution >= 0.6 is 0 Å². The second-order valence-corrected chi connectivity index (χ2v) is 4.53. The minimum absolute atomic E-state index is 0.109. The molecule has 0 unspecified atom stereocenters. The Morgan fingerprint density at radius 1 is 1.30 bits per heavy atom. The van der Waals surface area contributed by atoms with E-state index in [-0.39, 0.29) is 12.1 Å². The molecule has 0 aliphatic carbocycles. The fourth-order valence-corrected chi connectivity index (χ4v) is 1.40. The molecule has 1 aromatic rings. The topological polar surface area (TPSA) is 67.6 Å². The van der Waals surface area contributed by atoms with Crippen molar-refractivity contribution in [2.24, 2.45) is 0 Å². The molecule has 0 radical (unpaired) electrons. The summed E-state index contributed by atoms with van der Waals surface area (Å²) in [4.78, 5) is 13.6. The van der Waals surface area contributed by atoms with Crippen LogP contribution in [0.4, 0.5) is 14.5 Å². The van der Waals surface area contributed by atoms with Crippen LogP contribution in [0.15, 0.2) is 12.1 Å². The van der Waals surface area contributed by atoms with Crippen molar-refractivity contribution in [2.75, 3.05) is 46.1 Å². The van der Waals surface area contributed by atoms with Gasteiger partial charge in [0.25, 0.3) is 5.91 Å². The fourth-order valence-electron chi connectivity index (χ4n) is 1.40. The standard InChI is InChI=1S/C13H19F2N3O2/c1-18(2)4-6-20-5-3-17-13(19)9-7-10(14)12(16)11(15)8-9/h7-8H,3-6,16H2,1-2H3,(H,17,19). The number of likely N-dealkylation sites (N-methyl/N-ethyl adjacent to an activating group) is 1. The number of hydrogen-bond donors (Lipinski definition) is 2. The van der Waals surface area contributed by atoms with Gasteiger partial charge in [0.05, 0.1) is 13.2 Å². The number of benzene rings is 1. The zero-order valence-electron chi connectivity index (χ0n) is 11.6. The lowest BCUT2D eigenvalue weighted by atomic mass is 10.1. The normalized spacial score (nSPS) is 10.8. The Bertz CT molecular complexity index is 444. The van der Waals surface area contributed by atoms with Gasteiger partial charge >= 0.3 is 0 Å². The van der Waals surface area contributed by atoms with Crippen LogP contribution in [0.25, 0.3) is 0 Å². The smallest absolute Gasteiger partial charge is 0.251 e. The maximum Gasteiger partial charge on any atom is 0.251 e. The van der Waals surface area contributed by atoms with Gasteiger partial charge in [0.1, 0.15) is 17.3 Å². The van der Waals surface area contributed by atoms with Crippen LogP contribution < -0.4 is 11.1 Å². The van der Waals surface area contributed by atoms with Crippen LogP contribution in [-0.2, 0) is 4.74 Å². The van der Waals surface area contributed by atoms with Crippen molar-refractivity contribution < 1.29 is 18.3 Å². The summed E-state index contributed by atoms with van der Waals surface area (Å²) in [5.41, 5.74) is 4.43. The van der Waals surface area contributed by atoms with Crippen molar-refractivity contribution >= 4 is 11.6 Å². The summed E-state index contributed by atoms with van der Waals surface area (Å²) in [6, 6.07) is 1.81. The molecule has 0 atom stereocenters. The maximum absolute atomic E-state index is 13.2. The van der Waals surface area contributed by atoms with E-state index in [2.05, 4.69) is 5.32 Å². The van der Waals surface area contributed by atoms with Gasteiger partial charge in [-0.25, -0.2) is 8.78 Å². The number of anilines is 1. The van der Waals surface area contributed by atoms with Crippen molar-refractivity contribution in [3.63, 3.8) is 0 Å². The molecule has 1 aromatic carbocycles. The van der Waals surface area contributed by atoms with Crippen molar-refractivity contribution in [2.45, 2.75) is 0 Å². The highest BCUT2D eigenvalue weighted by atomic mass is 19.1. The van der Waals surface area contributed by atoms with Gasteiger partial charge < -0.3 is 20.7 Å². The number of rotatable bonds is 7. The molecular weight excluding hydrogens is 268 g/mol. The first-order valence-electron chi connectivity index (χ1n) is 6.17. The van der Waals surface area contributed by atoms with Gasteiger partial charge in [0.2, 0.25) is 0 Å². The lowest BCUT2D eigenvalue weighted by Crippen LogP contribution is -2.28. The van der Waals surface area contributed by atoms with Crippen LogP contribution in [0.5, 0.6) is 0 Å². The number of nitrogens with zero attached hydrogens (tertiary/aromatic N) is 1. The van der Waals surface area contributed by atoms with E-state index in [1.807, 2.05) is 19.0 Å². The third kappa shape index (κ3) is 5.10. The van der Waals surface area contributed by atoms with Crippen molar-refractivity contribution in [3.05, 3.63) is 29.3 Å². The summed E-state index contributed by atoms with van der Waals surface area (Å²) < 4.78 is 31.7. The number of nitrogen functional groups attached to an aromatic ring is 1.